The molecule has 0 saturated carbocycles. The zero-order chi connectivity index (χ0) is 39.3. The molecule has 0 heterocycles. The lowest BCUT2D eigenvalue weighted by Gasteiger charge is -2.31. The molecule has 0 rings (SSSR count). The van der Waals surface area contributed by atoms with Crippen LogP contribution in [0.3, 0.4) is 0 Å². The number of quaternary nitrogens is 1. The van der Waals surface area contributed by atoms with E-state index >= 15 is 0 Å². The maximum absolute atomic E-state index is 12.6. The van der Waals surface area contributed by atoms with Gasteiger partial charge in [-0.2, -0.15) is 0 Å². The first-order valence-corrected chi connectivity index (χ1v) is 21.2. The molecule has 306 valence electrons. The number of nitrogens with zero attached hydrogens (tertiary/aromatic N) is 1. The van der Waals surface area contributed by atoms with Gasteiger partial charge >= 0.3 is 17.9 Å². The Hall–Kier alpha value is -2.71. The van der Waals surface area contributed by atoms with Crippen molar-refractivity contribution in [2.45, 2.75) is 180 Å². The number of carbonyl (C=O) groups is 3. The molecule has 0 aromatic heterocycles. The third kappa shape index (κ3) is 34.8. The van der Waals surface area contributed by atoms with Crippen LogP contribution in [-0.4, -0.2) is 80.6 Å². The maximum atomic E-state index is 12.6. The van der Waals surface area contributed by atoms with E-state index in [9.17, 15) is 19.5 Å². The molecule has 53 heavy (non-hydrogen) atoms. The molecule has 1 N–H and O–H groups in total. The van der Waals surface area contributed by atoms with Crippen LogP contribution in [-0.2, 0) is 28.6 Å². The zero-order valence-electron chi connectivity index (χ0n) is 34.7. The number of carboxylic acids is 1. The number of allylic oxidation sites excluding steroid dienone is 8. The Labute approximate surface area is 325 Å². The molecule has 0 saturated heterocycles. The van der Waals surface area contributed by atoms with Crippen molar-refractivity contribution >= 4 is 17.9 Å². The molecular weight excluding hydrogens is 666 g/mol. The number of likely N-dealkylation sites (N-methyl/N-ethyl adjacent to an activating group) is 1. The van der Waals surface area contributed by atoms with E-state index in [1.807, 2.05) is 21.1 Å². The summed E-state index contributed by atoms with van der Waals surface area (Å²) in [6.07, 6.45) is 41.7. The van der Waals surface area contributed by atoms with Crippen LogP contribution in [0.25, 0.3) is 0 Å². The summed E-state index contributed by atoms with van der Waals surface area (Å²) in [5.41, 5.74) is 0. The van der Waals surface area contributed by atoms with E-state index in [0.717, 1.165) is 51.4 Å². The van der Waals surface area contributed by atoms with Gasteiger partial charge in [-0.25, -0.2) is 4.79 Å². The summed E-state index contributed by atoms with van der Waals surface area (Å²) in [5, 5.41) is 9.59. The normalized spacial score (nSPS) is 13.5. The van der Waals surface area contributed by atoms with Crippen LogP contribution in [0.1, 0.15) is 168 Å². The highest BCUT2D eigenvalue weighted by Gasteiger charge is 2.31. The summed E-state index contributed by atoms with van der Waals surface area (Å²) < 4.78 is 17.2. The van der Waals surface area contributed by atoms with Gasteiger partial charge in [0, 0.05) is 19.3 Å². The Morgan fingerprint density at radius 1 is 0.585 bits per heavy atom. The molecule has 2 unspecified atom stereocenters. The van der Waals surface area contributed by atoms with Gasteiger partial charge in [0.05, 0.1) is 34.4 Å². The summed E-state index contributed by atoms with van der Waals surface area (Å²) in [6.45, 7) is 4.55. The van der Waals surface area contributed by atoms with Gasteiger partial charge in [-0.15, -0.1) is 0 Å². The summed E-state index contributed by atoms with van der Waals surface area (Å²) >= 11 is 0. The largest absolute Gasteiger partial charge is 0.477 e. The van der Waals surface area contributed by atoms with Gasteiger partial charge in [0.1, 0.15) is 6.61 Å². The van der Waals surface area contributed by atoms with Crippen molar-refractivity contribution in [2.75, 3.05) is 41.0 Å². The van der Waals surface area contributed by atoms with Crippen molar-refractivity contribution in [3.63, 3.8) is 0 Å². The number of carbonyl (C=O) groups excluding carboxylic acids is 2. The van der Waals surface area contributed by atoms with Crippen molar-refractivity contribution < 1.29 is 38.2 Å². The fourth-order valence-electron chi connectivity index (χ4n) is 5.93. The molecule has 0 fully saturated rings. The number of hydrogen-bond donors (Lipinski definition) is 1. The molecule has 0 aliphatic rings. The number of carboxylic acid groups (broad SMARTS) is 1. The highest BCUT2D eigenvalue weighted by molar-refractivity contribution is 5.72. The quantitative estimate of drug-likeness (QED) is 0.0292. The standard InChI is InChI=1S/C45H79NO7/c1-6-8-10-12-14-16-17-18-19-20-21-22-23-24-25-26-28-29-31-33-35-43(47)52-40-41(39-51-38-37-42(45(49)50)46(3,4)5)53-44(48)36-34-32-30-27-15-13-11-9-7-2/h8,10,14,16,18-19,27,30,41-42H,6-7,9,11-13,15,17,20-26,28-29,31-40H2,1-5H3/p+1/b10-8+,16-14+,19-18+,30-27+. The average molecular weight is 747 g/mol. The molecule has 0 radical (unpaired) electrons. The molecule has 0 aromatic rings. The summed E-state index contributed by atoms with van der Waals surface area (Å²) in [7, 11) is 5.51. The Bertz CT molecular complexity index is 1010. The zero-order valence-corrected chi connectivity index (χ0v) is 34.7. The Morgan fingerprint density at radius 3 is 1.64 bits per heavy atom. The lowest BCUT2D eigenvalue weighted by Crippen LogP contribution is -2.50. The number of rotatable bonds is 37. The van der Waals surface area contributed by atoms with E-state index in [1.54, 1.807) is 0 Å². The summed E-state index contributed by atoms with van der Waals surface area (Å²) in [5.74, 6) is -1.52. The van der Waals surface area contributed by atoms with Crippen LogP contribution in [0, 0.1) is 0 Å². The second-order valence-electron chi connectivity index (χ2n) is 15.2. The predicted octanol–water partition coefficient (Wildman–Crippen LogP) is 11.2. The van der Waals surface area contributed by atoms with Gasteiger partial charge in [-0.1, -0.05) is 133 Å². The molecule has 2 atom stereocenters. The molecule has 0 aromatic carbocycles. The fraction of sp³-hybridized carbons (Fsp3) is 0.756. The monoisotopic (exact) mass is 747 g/mol. The number of ether oxygens (including phenoxy) is 3. The molecule has 0 aliphatic carbocycles. The first kappa shape index (κ1) is 50.3. The Balaban J connectivity index is 4.26. The van der Waals surface area contributed by atoms with Gasteiger partial charge in [0.25, 0.3) is 0 Å². The third-order valence-electron chi connectivity index (χ3n) is 9.21. The van der Waals surface area contributed by atoms with E-state index in [0.29, 0.717) is 19.3 Å². The van der Waals surface area contributed by atoms with E-state index in [1.165, 1.54) is 77.0 Å². The molecule has 0 spiro atoms. The van der Waals surface area contributed by atoms with E-state index in [-0.39, 0.29) is 42.7 Å². The lowest BCUT2D eigenvalue weighted by molar-refractivity contribution is -0.887. The summed E-state index contributed by atoms with van der Waals surface area (Å²) in [4.78, 5) is 36.8. The molecular formula is C45H80NO7+. The minimum absolute atomic E-state index is 0.0483. The number of hydrogen-bond acceptors (Lipinski definition) is 6. The smallest absolute Gasteiger partial charge is 0.362 e. The molecule has 0 aliphatic heterocycles. The average Bonchev–Trinajstić information content (AvgIpc) is 3.11. The maximum Gasteiger partial charge on any atom is 0.362 e. The van der Waals surface area contributed by atoms with Crippen molar-refractivity contribution in [1.29, 1.82) is 0 Å². The number of esters is 2. The highest BCUT2D eigenvalue weighted by atomic mass is 16.6. The van der Waals surface area contributed by atoms with Crippen LogP contribution < -0.4 is 0 Å². The predicted molar refractivity (Wildman–Crippen MR) is 220 cm³/mol. The molecule has 0 bridgehead atoms. The van der Waals surface area contributed by atoms with Gasteiger partial charge in [-0.3, -0.25) is 9.59 Å². The number of unbranched alkanes of at least 4 members (excludes halogenated alkanes) is 15. The van der Waals surface area contributed by atoms with E-state index in [4.69, 9.17) is 14.2 Å². The lowest BCUT2D eigenvalue weighted by atomic mass is 10.1. The second kappa shape index (κ2) is 36.3. The van der Waals surface area contributed by atoms with Crippen LogP contribution in [0.15, 0.2) is 48.6 Å². The Morgan fingerprint density at radius 2 is 1.08 bits per heavy atom. The minimum atomic E-state index is -0.881. The van der Waals surface area contributed by atoms with Gasteiger partial charge in [-0.05, 0) is 64.2 Å². The van der Waals surface area contributed by atoms with E-state index < -0.39 is 18.1 Å². The fourth-order valence-corrected chi connectivity index (χ4v) is 5.93. The SMILES string of the molecule is CC/C=C/C/C=C/C/C=C/CCCCCCCCCCCCC(=O)OCC(COCCC(C(=O)O)[N+](C)(C)C)OC(=O)CCC/C=C/CCCCCC. The van der Waals surface area contributed by atoms with Crippen molar-refractivity contribution in [2.24, 2.45) is 0 Å². The first-order chi connectivity index (χ1) is 25.6. The van der Waals surface area contributed by atoms with Crippen LogP contribution in [0.5, 0.6) is 0 Å². The van der Waals surface area contributed by atoms with Crippen LogP contribution >= 0.6 is 0 Å². The van der Waals surface area contributed by atoms with Gasteiger partial charge < -0.3 is 23.8 Å². The van der Waals surface area contributed by atoms with Crippen molar-refractivity contribution in [3.8, 4) is 0 Å². The van der Waals surface area contributed by atoms with E-state index in [2.05, 4.69) is 62.5 Å². The summed E-state index contributed by atoms with van der Waals surface area (Å²) in [6, 6.07) is -0.618. The highest BCUT2D eigenvalue weighted by Crippen LogP contribution is 2.14. The van der Waals surface area contributed by atoms with Crippen molar-refractivity contribution in [3.05, 3.63) is 48.6 Å². The third-order valence-corrected chi connectivity index (χ3v) is 9.21. The van der Waals surface area contributed by atoms with Crippen molar-refractivity contribution in [1.82, 2.24) is 0 Å². The first-order valence-electron chi connectivity index (χ1n) is 21.2. The Kier molecular flexibility index (Phi) is 34.4. The minimum Gasteiger partial charge on any atom is -0.477 e. The molecule has 0 amide bonds. The number of aliphatic carboxylic acids is 1. The second-order valence-corrected chi connectivity index (χ2v) is 15.2. The molecule has 8 heteroatoms. The topological polar surface area (TPSA) is 99.1 Å². The van der Waals surface area contributed by atoms with Gasteiger partial charge in [0.15, 0.2) is 12.1 Å². The van der Waals surface area contributed by atoms with Gasteiger partial charge in [0.2, 0.25) is 0 Å². The molecule has 8 nitrogen and oxygen atoms in total. The van der Waals surface area contributed by atoms with Crippen LogP contribution in [0.2, 0.25) is 0 Å². The van der Waals surface area contributed by atoms with Crippen LogP contribution in [0.4, 0.5) is 0 Å².